The first-order chi connectivity index (χ1) is 12.9. The summed E-state index contributed by atoms with van der Waals surface area (Å²) in [5.41, 5.74) is 2.82. The molecule has 0 saturated carbocycles. The SMILES string of the molecule is C1=CN(CCCCCC[n+]2ccc3ccccc3c2)Cc2ccccc21. The van der Waals surface area contributed by atoms with E-state index in [0.717, 1.165) is 19.6 Å². The summed E-state index contributed by atoms with van der Waals surface area (Å²) in [5, 5.41) is 2.65. The van der Waals surface area contributed by atoms with Crippen LogP contribution in [0.1, 0.15) is 36.8 Å². The molecule has 2 aromatic carbocycles. The van der Waals surface area contributed by atoms with E-state index in [9.17, 15) is 0 Å². The molecule has 0 spiro atoms. The Morgan fingerprint density at radius 1 is 0.808 bits per heavy atom. The number of unbranched alkanes of at least 4 members (excludes halogenated alkanes) is 3. The van der Waals surface area contributed by atoms with Crippen molar-refractivity contribution in [3.05, 3.63) is 84.3 Å². The fraction of sp³-hybridized carbons (Fsp3) is 0.292. The molecule has 0 amide bonds. The van der Waals surface area contributed by atoms with Crippen molar-refractivity contribution in [2.75, 3.05) is 6.54 Å². The Labute approximate surface area is 156 Å². The van der Waals surface area contributed by atoms with Crippen LogP contribution in [0.25, 0.3) is 16.8 Å². The second kappa shape index (κ2) is 8.18. The van der Waals surface area contributed by atoms with Crippen molar-refractivity contribution in [1.29, 1.82) is 0 Å². The van der Waals surface area contributed by atoms with Crippen LogP contribution in [-0.4, -0.2) is 11.4 Å². The minimum atomic E-state index is 1.06. The highest BCUT2D eigenvalue weighted by atomic mass is 15.1. The van der Waals surface area contributed by atoms with Crippen molar-refractivity contribution >= 4 is 16.8 Å². The van der Waals surface area contributed by atoms with Crippen LogP contribution < -0.4 is 4.57 Å². The Morgan fingerprint density at radius 3 is 2.58 bits per heavy atom. The number of hydrogen-bond acceptors (Lipinski definition) is 1. The molecule has 0 bridgehead atoms. The largest absolute Gasteiger partial charge is 0.373 e. The summed E-state index contributed by atoms with van der Waals surface area (Å²) in [6.07, 6.45) is 14.1. The topological polar surface area (TPSA) is 7.12 Å². The second-order valence-electron chi connectivity index (χ2n) is 7.21. The Kier molecular flexibility index (Phi) is 5.30. The maximum atomic E-state index is 2.44. The molecule has 0 unspecified atom stereocenters. The summed E-state index contributed by atoms with van der Waals surface area (Å²) in [7, 11) is 0. The molecule has 0 N–H and O–H groups in total. The number of aromatic nitrogens is 1. The molecule has 2 heteroatoms. The lowest BCUT2D eigenvalue weighted by Gasteiger charge is -2.25. The molecule has 0 fully saturated rings. The van der Waals surface area contributed by atoms with Crippen LogP contribution in [-0.2, 0) is 13.1 Å². The third-order valence-electron chi connectivity index (χ3n) is 5.25. The third kappa shape index (κ3) is 4.13. The zero-order valence-corrected chi connectivity index (χ0v) is 15.3. The lowest BCUT2D eigenvalue weighted by atomic mass is 10.0. The third-order valence-corrected chi connectivity index (χ3v) is 5.25. The van der Waals surface area contributed by atoms with Crippen LogP contribution in [0.3, 0.4) is 0 Å². The number of aryl methyl sites for hydroxylation is 1. The van der Waals surface area contributed by atoms with E-state index in [1.165, 1.54) is 47.6 Å². The van der Waals surface area contributed by atoms with Gasteiger partial charge in [-0.05, 0) is 47.7 Å². The minimum absolute atomic E-state index is 1.06. The van der Waals surface area contributed by atoms with E-state index in [1.54, 1.807) is 0 Å². The minimum Gasteiger partial charge on any atom is -0.373 e. The van der Waals surface area contributed by atoms with Crippen LogP contribution in [0.4, 0.5) is 0 Å². The zero-order chi connectivity index (χ0) is 17.6. The summed E-state index contributed by atoms with van der Waals surface area (Å²) in [4.78, 5) is 2.44. The fourth-order valence-electron chi connectivity index (χ4n) is 3.73. The van der Waals surface area contributed by atoms with Gasteiger partial charge in [0.15, 0.2) is 12.4 Å². The molecular weight excluding hydrogens is 316 g/mol. The van der Waals surface area contributed by atoms with Gasteiger partial charge in [-0.1, -0.05) is 48.9 Å². The number of fused-ring (bicyclic) bond motifs is 2. The van der Waals surface area contributed by atoms with Crippen LogP contribution in [0.15, 0.2) is 73.2 Å². The van der Waals surface area contributed by atoms with Gasteiger partial charge in [0.2, 0.25) is 0 Å². The maximum Gasteiger partial charge on any atom is 0.176 e. The van der Waals surface area contributed by atoms with Gasteiger partial charge in [0.05, 0.1) is 0 Å². The number of hydrogen-bond donors (Lipinski definition) is 0. The molecule has 2 heterocycles. The molecule has 0 aliphatic carbocycles. The summed E-state index contributed by atoms with van der Waals surface area (Å²) in [6, 6.07) is 19.5. The van der Waals surface area contributed by atoms with Crippen LogP contribution in [0.5, 0.6) is 0 Å². The van der Waals surface area contributed by atoms with Gasteiger partial charge >= 0.3 is 0 Å². The predicted octanol–water partition coefficient (Wildman–Crippen LogP) is 5.17. The van der Waals surface area contributed by atoms with Gasteiger partial charge in [-0.3, -0.25) is 0 Å². The molecule has 0 saturated heterocycles. The summed E-state index contributed by atoms with van der Waals surface area (Å²) in [5.74, 6) is 0. The van der Waals surface area contributed by atoms with Gasteiger partial charge < -0.3 is 4.90 Å². The van der Waals surface area contributed by atoms with Crippen molar-refractivity contribution in [3.63, 3.8) is 0 Å². The molecule has 1 aromatic heterocycles. The van der Waals surface area contributed by atoms with Gasteiger partial charge in [0.25, 0.3) is 0 Å². The predicted molar refractivity (Wildman–Crippen MR) is 108 cm³/mol. The Balaban J connectivity index is 1.17. The van der Waals surface area contributed by atoms with Crippen molar-refractivity contribution < 1.29 is 4.57 Å². The fourth-order valence-corrected chi connectivity index (χ4v) is 3.73. The monoisotopic (exact) mass is 343 g/mol. The first-order valence-electron chi connectivity index (χ1n) is 9.76. The molecule has 1 aliphatic heterocycles. The van der Waals surface area contributed by atoms with Gasteiger partial charge in [0.1, 0.15) is 6.54 Å². The summed E-state index contributed by atoms with van der Waals surface area (Å²) < 4.78 is 2.33. The zero-order valence-electron chi connectivity index (χ0n) is 15.3. The van der Waals surface area contributed by atoms with E-state index >= 15 is 0 Å². The first kappa shape index (κ1) is 16.8. The average Bonchev–Trinajstić information content (AvgIpc) is 2.70. The van der Waals surface area contributed by atoms with Crippen LogP contribution in [0.2, 0.25) is 0 Å². The highest BCUT2D eigenvalue weighted by Gasteiger charge is 2.09. The standard InChI is InChI=1S/C24H27N2/c1(7-15-25-17-13-21-9-3-5-11-23(21)19-25)2-8-16-26-18-14-22-10-4-6-12-24(22)20-26/h3-6,9-14,17-19H,1-2,7-8,15-16,20H2/q+1. The molecule has 4 rings (SSSR count). The van der Waals surface area contributed by atoms with E-state index in [0.29, 0.717) is 0 Å². The molecule has 1 aliphatic rings. The van der Waals surface area contributed by atoms with Crippen molar-refractivity contribution in [1.82, 2.24) is 4.90 Å². The van der Waals surface area contributed by atoms with E-state index in [-0.39, 0.29) is 0 Å². The van der Waals surface area contributed by atoms with Gasteiger partial charge in [-0.15, -0.1) is 0 Å². The van der Waals surface area contributed by atoms with E-state index in [4.69, 9.17) is 0 Å². The lowest BCUT2D eigenvalue weighted by molar-refractivity contribution is -0.696. The quantitative estimate of drug-likeness (QED) is 0.424. The van der Waals surface area contributed by atoms with Crippen molar-refractivity contribution in [2.24, 2.45) is 0 Å². The smallest absolute Gasteiger partial charge is 0.176 e. The van der Waals surface area contributed by atoms with E-state index in [2.05, 4.69) is 88.7 Å². The number of nitrogens with zero attached hydrogens (tertiary/aromatic N) is 2. The molecule has 0 atom stereocenters. The van der Waals surface area contributed by atoms with E-state index < -0.39 is 0 Å². The lowest BCUT2D eigenvalue weighted by Crippen LogP contribution is -2.32. The van der Waals surface area contributed by atoms with Crippen molar-refractivity contribution in [3.8, 4) is 0 Å². The maximum absolute atomic E-state index is 2.44. The Hall–Kier alpha value is -2.61. The second-order valence-corrected chi connectivity index (χ2v) is 7.21. The Morgan fingerprint density at radius 2 is 1.62 bits per heavy atom. The average molecular weight is 343 g/mol. The highest BCUT2D eigenvalue weighted by molar-refractivity contribution is 5.80. The van der Waals surface area contributed by atoms with Crippen molar-refractivity contribution in [2.45, 2.75) is 38.8 Å². The first-order valence-corrected chi connectivity index (χ1v) is 9.76. The van der Waals surface area contributed by atoms with Crippen LogP contribution in [0, 0.1) is 0 Å². The van der Waals surface area contributed by atoms with Gasteiger partial charge in [0, 0.05) is 31.0 Å². The molecule has 3 aromatic rings. The Bertz CT molecular complexity index is 897. The van der Waals surface area contributed by atoms with Gasteiger partial charge in [-0.2, -0.15) is 0 Å². The molecular formula is C24H27N2+. The molecule has 2 nitrogen and oxygen atoms in total. The number of pyridine rings is 1. The molecule has 26 heavy (non-hydrogen) atoms. The normalized spacial score (nSPS) is 13.2. The molecule has 0 radical (unpaired) electrons. The van der Waals surface area contributed by atoms with Crippen LogP contribution >= 0.6 is 0 Å². The summed E-state index contributed by atoms with van der Waals surface area (Å²) in [6.45, 7) is 3.33. The number of benzene rings is 2. The van der Waals surface area contributed by atoms with E-state index in [1.807, 2.05) is 0 Å². The molecule has 132 valence electrons. The van der Waals surface area contributed by atoms with Gasteiger partial charge in [-0.25, -0.2) is 4.57 Å². The highest BCUT2D eigenvalue weighted by Crippen LogP contribution is 2.19. The number of rotatable bonds is 7. The summed E-state index contributed by atoms with van der Waals surface area (Å²) >= 11 is 0.